The standard InChI is InChI=1S/C42H61FN4O10S/c1-12-30-42(8)31(34(37(51)57-42)58-19-18-47-17-15-28(45-47)27-14-13-16-44-22-27)25(4)32(48)23(2)21-40(6,53-11)36(26(5)35(50)41(7,43)39(52)55-30)56-38-33(49)29(46(9)10)20-24(3)54-38/h13-17,22-26,29-31,33-34,36,38,49H,12,18-21H2,1-11H3/t23-,24-,25-,26+,29+,30-,31-,33-,34?,36-,38+,40-,41+,42-/m1/s1. The summed E-state index contributed by atoms with van der Waals surface area (Å²) >= 11 is 1.31. The summed E-state index contributed by atoms with van der Waals surface area (Å²) in [5.41, 5.74) is -4.56. The molecule has 5 rings (SSSR count). The highest BCUT2D eigenvalue weighted by Crippen LogP contribution is 2.49. The van der Waals surface area contributed by atoms with Crippen molar-refractivity contribution in [3.63, 3.8) is 0 Å². The van der Waals surface area contributed by atoms with E-state index in [1.54, 1.807) is 51.7 Å². The molecule has 2 aromatic rings. The molecule has 0 amide bonds. The zero-order chi connectivity index (χ0) is 42.9. The van der Waals surface area contributed by atoms with Crippen molar-refractivity contribution in [3.8, 4) is 11.3 Å². The van der Waals surface area contributed by atoms with Crippen LogP contribution in [0.25, 0.3) is 11.3 Å². The van der Waals surface area contributed by atoms with Crippen LogP contribution in [0.15, 0.2) is 36.8 Å². The van der Waals surface area contributed by atoms with Gasteiger partial charge in [-0.25, -0.2) is 9.18 Å². The van der Waals surface area contributed by atoms with Crippen LogP contribution in [0.4, 0.5) is 4.39 Å². The van der Waals surface area contributed by atoms with E-state index in [-0.39, 0.29) is 30.8 Å². The van der Waals surface area contributed by atoms with Crippen molar-refractivity contribution in [3.05, 3.63) is 36.8 Å². The number of cyclic esters (lactones) is 1. The van der Waals surface area contributed by atoms with E-state index in [1.165, 1.54) is 25.8 Å². The van der Waals surface area contributed by atoms with Crippen molar-refractivity contribution >= 4 is 35.3 Å². The molecule has 0 spiro atoms. The molecule has 3 aliphatic rings. The smallest absolute Gasteiger partial charge is 0.351 e. The van der Waals surface area contributed by atoms with E-state index >= 15 is 4.39 Å². The van der Waals surface area contributed by atoms with Crippen molar-refractivity contribution in [1.29, 1.82) is 0 Å². The number of alkyl halides is 1. The van der Waals surface area contributed by atoms with Gasteiger partial charge in [0, 0.05) is 73.3 Å². The molecule has 0 saturated carbocycles. The number of hydrogen-bond donors (Lipinski definition) is 1. The first-order chi connectivity index (χ1) is 27.2. The number of likely N-dealkylation sites (N-methyl/N-ethyl adjacent to an activating group) is 1. The van der Waals surface area contributed by atoms with Gasteiger partial charge in [0.1, 0.15) is 23.2 Å². The van der Waals surface area contributed by atoms with Crippen LogP contribution >= 0.6 is 11.8 Å². The molecule has 3 saturated heterocycles. The van der Waals surface area contributed by atoms with Gasteiger partial charge in [0.25, 0.3) is 5.67 Å². The van der Waals surface area contributed by atoms with Crippen LogP contribution < -0.4 is 0 Å². The monoisotopic (exact) mass is 832 g/mol. The number of aliphatic hydroxyl groups is 1. The molecule has 0 radical (unpaired) electrons. The number of nitrogens with zero attached hydrogens (tertiary/aromatic N) is 4. The van der Waals surface area contributed by atoms with E-state index in [0.29, 0.717) is 18.7 Å². The molecule has 3 fully saturated rings. The first-order valence-electron chi connectivity index (χ1n) is 20.2. The third-order valence-electron chi connectivity index (χ3n) is 12.5. The van der Waals surface area contributed by atoms with Crippen LogP contribution in [0.5, 0.6) is 0 Å². The lowest BCUT2D eigenvalue weighted by atomic mass is 9.70. The number of fused-ring (bicyclic) bond motifs is 1. The van der Waals surface area contributed by atoms with Gasteiger partial charge in [-0.05, 0) is 79.3 Å². The fourth-order valence-electron chi connectivity index (χ4n) is 9.18. The van der Waals surface area contributed by atoms with Crippen LogP contribution in [0, 0.1) is 23.7 Å². The predicted octanol–water partition coefficient (Wildman–Crippen LogP) is 4.70. The third-order valence-corrected chi connectivity index (χ3v) is 13.8. The number of aryl methyl sites for hydroxylation is 1. The number of esters is 2. The highest BCUT2D eigenvalue weighted by atomic mass is 32.2. The van der Waals surface area contributed by atoms with Gasteiger partial charge in [0.15, 0.2) is 17.7 Å². The molecular weight excluding hydrogens is 772 g/mol. The maximum absolute atomic E-state index is 16.9. The first-order valence-corrected chi connectivity index (χ1v) is 21.2. The van der Waals surface area contributed by atoms with Crippen molar-refractivity contribution in [2.75, 3.05) is 27.0 Å². The minimum Gasteiger partial charge on any atom is -0.455 e. The maximum Gasteiger partial charge on any atom is 0.351 e. The Morgan fingerprint density at radius 1 is 1.09 bits per heavy atom. The minimum atomic E-state index is -3.17. The van der Waals surface area contributed by atoms with Gasteiger partial charge in [0.2, 0.25) is 0 Å². The van der Waals surface area contributed by atoms with Crippen LogP contribution in [-0.2, 0) is 49.4 Å². The molecule has 14 atom stereocenters. The van der Waals surface area contributed by atoms with Crippen LogP contribution in [0.2, 0.25) is 0 Å². The highest BCUT2D eigenvalue weighted by molar-refractivity contribution is 8.00. The number of ether oxygens (including phenoxy) is 5. The zero-order valence-electron chi connectivity index (χ0n) is 35.5. The summed E-state index contributed by atoms with van der Waals surface area (Å²) in [6.45, 7) is 13.0. The van der Waals surface area contributed by atoms with E-state index in [0.717, 1.165) is 18.2 Å². The number of hydrogen-bond acceptors (Lipinski definition) is 14. The fourth-order valence-corrected chi connectivity index (χ4v) is 10.6. The van der Waals surface area contributed by atoms with E-state index in [2.05, 4.69) is 10.1 Å². The number of thioether (sulfide) groups is 1. The summed E-state index contributed by atoms with van der Waals surface area (Å²) in [5, 5.41) is 15.2. The number of Topliss-reactive ketones (excluding diaryl/α,β-unsaturated/α-hetero) is 2. The number of methoxy groups -OCH3 is 1. The van der Waals surface area contributed by atoms with Gasteiger partial charge < -0.3 is 33.7 Å². The fraction of sp³-hybridized carbons (Fsp3) is 0.714. The summed E-state index contributed by atoms with van der Waals surface area (Å²) in [5.74, 6) is -6.70. The third kappa shape index (κ3) is 9.07. The van der Waals surface area contributed by atoms with Crippen molar-refractivity contribution in [2.24, 2.45) is 23.7 Å². The number of ketones is 2. The Bertz CT molecular complexity index is 1780. The van der Waals surface area contributed by atoms with Crippen LogP contribution in [0.1, 0.15) is 74.7 Å². The average molecular weight is 833 g/mol. The molecular formula is C42H61FN4O10S. The lowest BCUT2D eigenvalue weighted by Gasteiger charge is -2.47. The molecule has 322 valence electrons. The number of halogens is 1. The summed E-state index contributed by atoms with van der Waals surface area (Å²) in [6, 6.07) is 5.26. The van der Waals surface area contributed by atoms with E-state index in [4.69, 9.17) is 23.7 Å². The Morgan fingerprint density at radius 3 is 2.41 bits per heavy atom. The number of rotatable bonds is 10. The van der Waals surface area contributed by atoms with Gasteiger partial charge in [-0.15, -0.1) is 11.8 Å². The molecule has 2 aromatic heterocycles. The van der Waals surface area contributed by atoms with E-state index in [1.807, 2.05) is 50.3 Å². The highest BCUT2D eigenvalue weighted by Gasteiger charge is 2.62. The summed E-state index contributed by atoms with van der Waals surface area (Å²) in [4.78, 5) is 62.8. The summed E-state index contributed by atoms with van der Waals surface area (Å²) in [6.07, 6.45) is 0.604. The second-order valence-corrected chi connectivity index (χ2v) is 18.3. The van der Waals surface area contributed by atoms with Gasteiger partial charge in [-0.1, -0.05) is 27.7 Å². The van der Waals surface area contributed by atoms with Crippen molar-refractivity contribution in [1.82, 2.24) is 19.7 Å². The van der Waals surface area contributed by atoms with Crippen LogP contribution in [-0.4, -0.2) is 134 Å². The molecule has 14 nitrogen and oxygen atoms in total. The van der Waals surface area contributed by atoms with Crippen LogP contribution in [0.3, 0.4) is 0 Å². The van der Waals surface area contributed by atoms with Gasteiger partial charge >= 0.3 is 11.9 Å². The Morgan fingerprint density at radius 2 is 1.79 bits per heavy atom. The average Bonchev–Trinajstić information content (AvgIpc) is 3.76. The lowest BCUT2D eigenvalue weighted by molar-refractivity contribution is -0.295. The molecule has 0 aromatic carbocycles. The molecule has 5 heterocycles. The van der Waals surface area contributed by atoms with Crippen molar-refractivity contribution in [2.45, 2.75) is 140 Å². The molecule has 1 unspecified atom stereocenters. The molecule has 0 aliphatic carbocycles. The van der Waals surface area contributed by atoms with Gasteiger partial charge in [-0.2, -0.15) is 5.10 Å². The molecule has 58 heavy (non-hydrogen) atoms. The Labute approximate surface area is 345 Å². The van der Waals surface area contributed by atoms with E-state index < -0.39 is 88.1 Å². The number of aliphatic hydroxyl groups excluding tert-OH is 1. The number of aromatic nitrogens is 3. The number of carbonyl (C=O) groups is 4. The quantitative estimate of drug-likeness (QED) is 0.259. The molecule has 16 heteroatoms. The lowest BCUT2D eigenvalue weighted by Crippen LogP contribution is -2.61. The number of pyridine rings is 1. The number of carbonyl (C=O) groups excluding carboxylic acids is 4. The molecule has 0 bridgehead atoms. The van der Waals surface area contributed by atoms with E-state index in [9.17, 15) is 24.3 Å². The Hall–Kier alpha value is -3.28. The molecule has 1 N–H and O–H groups in total. The molecule has 3 aliphatic heterocycles. The second-order valence-electron chi connectivity index (χ2n) is 17.0. The maximum atomic E-state index is 16.9. The minimum absolute atomic E-state index is 0.00368. The topological polar surface area (TPSA) is 169 Å². The largest absolute Gasteiger partial charge is 0.455 e. The summed E-state index contributed by atoms with van der Waals surface area (Å²) < 4.78 is 49.3. The first kappa shape index (κ1) is 45.8. The summed E-state index contributed by atoms with van der Waals surface area (Å²) in [7, 11) is 5.05. The second kappa shape index (κ2) is 18.1. The SMILES string of the molecule is CC[C@H]1OC(=O)[C@@](C)(F)C(=O)[C@H](C)[C@@H](O[C@@H]2O[C@H](C)C[C@H](N(C)C)[C@H]2O)[C@](C)(OC)C[C@@H](C)C(=O)[C@H](C)[C@@H]2C(SCCn3ccc(-c4cccnc4)n3)C(=O)O[C@]12C. The zero-order valence-corrected chi connectivity index (χ0v) is 36.4. The van der Waals surface area contributed by atoms with Crippen molar-refractivity contribution < 1.29 is 52.4 Å². The Balaban J connectivity index is 1.49. The van der Waals surface area contributed by atoms with Gasteiger partial charge in [-0.3, -0.25) is 24.0 Å². The van der Waals surface area contributed by atoms with Gasteiger partial charge in [0.05, 0.1) is 23.5 Å². The normalized spacial score (nSPS) is 39.2. The predicted molar refractivity (Wildman–Crippen MR) is 214 cm³/mol. The Kier molecular flexibility index (Phi) is 14.3.